The molecule has 1 saturated heterocycles. The van der Waals surface area contributed by atoms with E-state index in [0.717, 1.165) is 6.54 Å². The van der Waals surface area contributed by atoms with Crippen LogP contribution in [0.25, 0.3) is 0 Å². The first-order valence-corrected chi connectivity index (χ1v) is 7.63. The first-order valence-electron chi connectivity index (χ1n) is 7.63. The number of hydrogen-bond donors (Lipinski definition) is 2. The molecule has 0 bridgehead atoms. The van der Waals surface area contributed by atoms with Gasteiger partial charge in [-0.1, -0.05) is 17.3 Å². The summed E-state index contributed by atoms with van der Waals surface area (Å²) in [4.78, 5) is 2.47. The van der Waals surface area contributed by atoms with E-state index in [1.807, 2.05) is 6.92 Å². The van der Waals surface area contributed by atoms with E-state index < -0.39 is 0 Å². The highest BCUT2D eigenvalue weighted by Gasteiger charge is 2.11. The van der Waals surface area contributed by atoms with Crippen LogP contribution in [0.15, 0.2) is 24.3 Å². The fraction of sp³-hybridized carbons (Fsp3) is 0.533. The molecule has 1 aliphatic heterocycles. The molecule has 1 aromatic heterocycles. The molecule has 0 spiro atoms. The van der Waals surface area contributed by atoms with Gasteiger partial charge in [-0.2, -0.15) is 5.21 Å². The topological polar surface area (TPSA) is 69.7 Å². The molecule has 112 valence electrons. The normalized spacial score (nSPS) is 16.9. The van der Waals surface area contributed by atoms with Crippen LogP contribution in [0.4, 0.5) is 5.69 Å². The molecule has 2 aromatic rings. The molecule has 1 aliphatic rings. The molecule has 1 atom stereocenters. The van der Waals surface area contributed by atoms with Crippen molar-refractivity contribution in [1.82, 2.24) is 25.9 Å². The molecule has 3 rings (SSSR count). The molecule has 0 amide bonds. The van der Waals surface area contributed by atoms with E-state index in [-0.39, 0.29) is 6.04 Å². The lowest BCUT2D eigenvalue weighted by Gasteiger charge is -2.28. The third-order valence-corrected chi connectivity index (χ3v) is 4.02. The maximum absolute atomic E-state index is 3.99. The Balaban J connectivity index is 1.54. The number of aromatic nitrogens is 4. The van der Waals surface area contributed by atoms with Gasteiger partial charge in [0, 0.05) is 25.3 Å². The molecular formula is C15H22N6. The Bertz CT molecular complexity index is 530. The van der Waals surface area contributed by atoms with Crippen molar-refractivity contribution >= 4 is 5.69 Å². The van der Waals surface area contributed by atoms with E-state index in [1.54, 1.807) is 0 Å². The summed E-state index contributed by atoms with van der Waals surface area (Å²) < 4.78 is 0. The fourth-order valence-corrected chi connectivity index (χ4v) is 2.69. The summed E-state index contributed by atoms with van der Waals surface area (Å²) in [5, 5.41) is 17.4. The van der Waals surface area contributed by atoms with Gasteiger partial charge in [-0.3, -0.25) is 0 Å². The molecule has 6 nitrogen and oxygen atoms in total. The van der Waals surface area contributed by atoms with Gasteiger partial charge in [0.05, 0.1) is 6.04 Å². The van der Waals surface area contributed by atoms with Gasteiger partial charge in [0.25, 0.3) is 0 Å². The number of rotatable bonds is 5. The third-order valence-electron chi connectivity index (χ3n) is 4.02. The summed E-state index contributed by atoms with van der Waals surface area (Å²) in [6.45, 7) is 5.21. The first kappa shape index (κ1) is 14.0. The smallest absolute Gasteiger partial charge is 0.191 e. The highest BCUT2D eigenvalue weighted by atomic mass is 15.5. The summed E-state index contributed by atoms with van der Waals surface area (Å²) in [7, 11) is 0. The van der Waals surface area contributed by atoms with Gasteiger partial charge in [-0.25, -0.2) is 0 Å². The van der Waals surface area contributed by atoms with Crippen LogP contribution < -0.4 is 10.2 Å². The number of H-pyrrole nitrogens is 1. The van der Waals surface area contributed by atoms with E-state index in [4.69, 9.17) is 0 Å². The zero-order valence-electron chi connectivity index (χ0n) is 12.4. The molecule has 2 heterocycles. The molecule has 6 heteroatoms. The molecule has 1 aromatic carbocycles. The van der Waals surface area contributed by atoms with Gasteiger partial charge < -0.3 is 10.2 Å². The standard InChI is InChI=1S/C15H22N6/c1-12(15-17-19-20-18-15)16-11-13-5-7-14(8-6-13)21-9-3-2-4-10-21/h5-8,12,16H,2-4,9-11H2,1H3,(H,17,18,19,20). The Labute approximate surface area is 124 Å². The Morgan fingerprint density at radius 2 is 1.95 bits per heavy atom. The maximum Gasteiger partial charge on any atom is 0.191 e. The zero-order valence-corrected chi connectivity index (χ0v) is 12.4. The predicted octanol–water partition coefficient (Wildman–Crippen LogP) is 2.04. The minimum atomic E-state index is 0.0884. The van der Waals surface area contributed by atoms with Gasteiger partial charge in [0.1, 0.15) is 0 Å². The lowest BCUT2D eigenvalue weighted by molar-refractivity contribution is 0.546. The van der Waals surface area contributed by atoms with E-state index in [1.165, 1.54) is 43.6 Å². The number of nitrogens with one attached hydrogen (secondary N) is 2. The van der Waals surface area contributed by atoms with Crippen molar-refractivity contribution < 1.29 is 0 Å². The number of hydrogen-bond acceptors (Lipinski definition) is 5. The number of anilines is 1. The van der Waals surface area contributed by atoms with E-state index in [9.17, 15) is 0 Å². The lowest BCUT2D eigenvalue weighted by atomic mass is 10.1. The van der Waals surface area contributed by atoms with Crippen molar-refractivity contribution in [3.05, 3.63) is 35.7 Å². The van der Waals surface area contributed by atoms with Crippen molar-refractivity contribution in [2.45, 2.75) is 38.8 Å². The SMILES string of the molecule is CC(NCc1ccc(N2CCCCC2)cc1)c1nn[nH]n1. The highest BCUT2D eigenvalue weighted by Crippen LogP contribution is 2.20. The lowest BCUT2D eigenvalue weighted by Crippen LogP contribution is -2.29. The molecule has 1 unspecified atom stereocenters. The largest absolute Gasteiger partial charge is 0.372 e. The molecule has 2 N–H and O–H groups in total. The molecule has 1 fully saturated rings. The van der Waals surface area contributed by atoms with Gasteiger partial charge >= 0.3 is 0 Å². The van der Waals surface area contributed by atoms with E-state index >= 15 is 0 Å². The second-order valence-corrected chi connectivity index (χ2v) is 5.59. The number of nitrogens with zero attached hydrogens (tertiary/aromatic N) is 4. The average molecular weight is 286 g/mol. The molecule has 0 saturated carbocycles. The molecular weight excluding hydrogens is 264 g/mol. The highest BCUT2D eigenvalue weighted by molar-refractivity contribution is 5.47. The van der Waals surface area contributed by atoms with Crippen molar-refractivity contribution in [1.29, 1.82) is 0 Å². The second-order valence-electron chi connectivity index (χ2n) is 5.59. The number of aromatic amines is 1. The zero-order chi connectivity index (χ0) is 14.5. The van der Waals surface area contributed by atoms with Crippen LogP contribution in [0, 0.1) is 0 Å². The van der Waals surface area contributed by atoms with Crippen LogP contribution in [-0.2, 0) is 6.54 Å². The van der Waals surface area contributed by atoms with Gasteiger partial charge in [-0.05, 0) is 43.9 Å². The minimum Gasteiger partial charge on any atom is -0.372 e. The van der Waals surface area contributed by atoms with Crippen LogP contribution in [0.1, 0.15) is 43.6 Å². The Morgan fingerprint density at radius 3 is 2.62 bits per heavy atom. The average Bonchev–Trinajstić information content (AvgIpc) is 3.08. The predicted molar refractivity (Wildman–Crippen MR) is 81.9 cm³/mol. The quantitative estimate of drug-likeness (QED) is 0.880. The summed E-state index contributed by atoms with van der Waals surface area (Å²) in [6.07, 6.45) is 3.99. The van der Waals surface area contributed by atoms with Crippen molar-refractivity contribution in [2.75, 3.05) is 18.0 Å². The maximum atomic E-state index is 3.99. The number of benzene rings is 1. The second kappa shape index (κ2) is 6.67. The van der Waals surface area contributed by atoms with Crippen LogP contribution in [0.3, 0.4) is 0 Å². The van der Waals surface area contributed by atoms with Crippen LogP contribution in [0.5, 0.6) is 0 Å². The third kappa shape index (κ3) is 3.58. The van der Waals surface area contributed by atoms with E-state index in [2.05, 4.69) is 55.1 Å². The summed E-state index contributed by atoms with van der Waals surface area (Å²) in [6, 6.07) is 8.92. The molecule has 0 aliphatic carbocycles. The van der Waals surface area contributed by atoms with Crippen LogP contribution in [0.2, 0.25) is 0 Å². The monoisotopic (exact) mass is 286 g/mol. The summed E-state index contributed by atoms with van der Waals surface area (Å²) >= 11 is 0. The van der Waals surface area contributed by atoms with Gasteiger partial charge in [0.2, 0.25) is 0 Å². The van der Waals surface area contributed by atoms with Gasteiger partial charge in [0.15, 0.2) is 5.82 Å². The van der Waals surface area contributed by atoms with Crippen molar-refractivity contribution in [2.24, 2.45) is 0 Å². The number of piperidine rings is 1. The van der Waals surface area contributed by atoms with Crippen molar-refractivity contribution in [3.8, 4) is 0 Å². The number of tetrazole rings is 1. The Hall–Kier alpha value is -1.95. The molecule has 21 heavy (non-hydrogen) atoms. The van der Waals surface area contributed by atoms with E-state index in [0.29, 0.717) is 5.82 Å². The summed E-state index contributed by atoms with van der Waals surface area (Å²) in [5.41, 5.74) is 2.61. The van der Waals surface area contributed by atoms with Crippen LogP contribution >= 0.6 is 0 Å². The first-order chi connectivity index (χ1) is 10.3. The Kier molecular flexibility index (Phi) is 4.45. The van der Waals surface area contributed by atoms with Crippen LogP contribution in [-0.4, -0.2) is 33.7 Å². The fourth-order valence-electron chi connectivity index (χ4n) is 2.69. The van der Waals surface area contributed by atoms with Crippen molar-refractivity contribution in [3.63, 3.8) is 0 Å². The van der Waals surface area contributed by atoms with Gasteiger partial charge in [-0.15, -0.1) is 10.2 Å². The Morgan fingerprint density at radius 1 is 1.19 bits per heavy atom. The summed E-state index contributed by atoms with van der Waals surface area (Å²) in [5.74, 6) is 0.694. The minimum absolute atomic E-state index is 0.0884. The molecule has 0 radical (unpaired) electrons.